The molecule has 0 amide bonds. The molecule has 0 aliphatic carbocycles. The number of ether oxygens (including phenoxy) is 1. The van der Waals surface area contributed by atoms with Crippen LogP contribution in [-0.2, 0) is 4.74 Å². The smallest absolute Gasteiger partial charge is 0.0669 e. The predicted octanol–water partition coefficient (Wildman–Crippen LogP) is 2.01. The number of aromatic nitrogens is 2. The number of hydrogen-bond acceptors (Lipinski definition) is 5. The van der Waals surface area contributed by atoms with Crippen molar-refractivity contribution in [2.75, 3.05) is 19.8 Å². The van der Waals surface area contributed by atoms with Crippen LogP contribution < -0.4 is 5.32 Å². The maximum absolute atomic E-state index is 5.39. The predicted molar refractivity (Wildman–Crippen MR) is 64.5 cm³/mol. The third-order valence-electron chi connectivity index (χ3n) is 3.08. The van der Waals surface area contributed by atoms with Crippen molar-refractivity contribution in [3.8, 4) is 0 Å². The summed E-state index contributed by atoms with van der Waals surface area (Å²) in [6.07, 6.45) is 5.45. The highest BCUT2D eigenvalue weighted by Crippen LogP contribution is 2.28. The van der Waals surface area contributed by atoms with Crippen molar-refractivity contribution in [1.29, 1.82) is 0 Å². The maximum atomic E-state index is 5.39. The van der Waals surface area contributed by atoms with Crippen LogP contribution in [0.5, 0.6) is 0 Å². The summed E-state index contributed by atoms with van der Waals surface area (Å²) in [5.74, 6) is 0.778. The van der Waals surface area contributed by atoms with Gasteiger partial charge in [-0.2, -0.15) is 0 Å². The van der Waals surface area contributed by atoms with E-state index < -0.39 is 0 Å². The monoisotopic (exact) mass is 241 g/mol. The molecule has 1 aliphatic rings. The van der Waals surface area contributed by atoms with Crippen LogP contribution in [0, 0.1) is 5.92 Å². The van der Waals surface area contributed by atoms with Crippen molar-refractivity contribution < 1.29 is 4.74 Å². The van der Waals surface area contributed by atoms with Crippen LogP contribution >= 0.6 is 11.5 Å². The first kappa shape index (κ1) is 12.0. The lowest BCUT2D eigenvalue weighted by Gasteiger charge is -2.26. The number of nitrogens with zero attached hydrogens (tertiary/aromatic N) is 2. The Kier molecular flexibility index (Phi) is 4.69. The van der Waals surface area contributed by atoms with E-state index in [1.54, 1.807) is 0 Å². The number of nitrogens with one attached hydrogen (secondary N) is 1. The fraction of sp³-hybridized carbons (Fsp3) is 0.818. The second-order valence-corrected chi connectivity index (χ2v) is 5.04. The zero-order valence-electron chi connectivity index (χ0n) is 9.69. The van der Waals surface area contributed by atoms with E-state index in [0.29, 0.717) is 6.04 Å². The minimum Gasteiger partial charge on any atom is -0.381 e. The van der Waals surface area contributed by atoms with Gasteiger partial charge in [-0.15, -0.1) is 5.10 Å². The van der Waals surface area contributed by atoms with E-state index in [1.165, 1.54) is 35.7 Å². The zero-order chi connectivity index (χ0) is 11.2. The van der Waals surface area contributed by atoms with Crippen molar-refractivity contribution in [2.24, 2.45) is 5.92 Å². The Morgan fingerprint density at radius 2 is 2.38 bits per heavy atom. The van der Waals surface area contributed by atoms with Gasteiger partial charge in [0.15, 0.2) is 0 Å². The summed E-state index contributed by atoms with van der Waals surface area (Å²) in [4.78, 5) is 1.26. The summed E-state index contributed by atoms with van der Waals surface area (Å²) >= 11 is 1.50. The van der Waals surface area contributed by atoms with Crippen LogP contribution in [0.15, 0.2) is 6.20 Å². The van der Waals surface area contributed by atoms with Crippen LogP contribution in [0.4, 0.5) is 0 Å². The van der Waals surface area contributed by atoms with E-state index in [-0.39, 0.29) is 0 Å². The van der Waals surface area contributed by atoms with Crippen molar-refractivity contribution in [2.45, 2.75) is 32.2 Å². The largest absolute Gasteiger partial charge is 0.381 e. The highest BCUT2D eigenvalue weighted by atomic mass is 32.1. The van der Waals surface area contributed by atoms with Gasteiger partial charge in [0.05, 0.1) is 11.1 Å². The lowest BCUT2D eigenvalue weighted by Crippen LogP contribution is -2.25. The molecule has 1 saturated heterocycles. The molecule has 90 valence electrons. The molecule has 1 aliphatic heterocycles. The minimum absolute atomic E-state index is 0.424. The molecule has 5 heteroatoms. The van der Waals surface area contributed by atoms with E-state index in [1.807, 2.05) is 6.20 Å². The molecule has 0 aromatic carbocycles. The molecule has 1 aromatic heterocycles. The van der Waals surface area contributed by atoms with Gasteiger partial charge >= 0.3 is 0 Å². The fourth-order valence-corrected chi connectivity index (χ4v) is 2.78. The summed E-state index contributed by atoms with van der Waals surface area (Å²) in [6, 6.07) is 0.424. The highest BCUT2D eigenvalue weighted by molar-refractivity contribution is 7.05. The summed E-state index contributed by atoms with van der Waals surface area (Å²) in [5.41, 5.74) is 0. The molecular formula is C11H19N3OS. The molecular weight excluding hydrogens is 222 g/mol. The maximum Gasteiger partial charge on any atom is 0.0669 e. The Balaban J connectivity index is 1.91. The van der Waals surface area contributed by atoms with Gasteiger partial charge in [0.2, 0.25) is 0 Å². The van der Waals surface area contributed by atoms with Gasteiger partial charge < -0.3 is 10.1 Å². The number of rotatable bonds is 5. The zero-order valence-corrected chi connectivity index (χ0v) is 10.5. The van der Waals surface area contributed by atoms with Crippen LogP contribution in [0.2, 0.25) is 0 Å². The van der Waals surface area contributed by atoms with Crippen molar-refractivity contribution in [3.05, 3.63) is 11.1 Å². The molecule has 0 bridgehead atoms. The van der Waals surface area contributed by atoms with E-state index >= 15 is 0 Å². The standard InChI is InChI=1S/C11H19N3OS/c1-2-12-10(11-8-13-14-16-11)7-9-3-5-15-6-4-9/h8-10,12H,2-7H2,1H3. The van der Waals surface area contributed by atoms with E-state index in [9.17, 15) is 0 Å². The van der Waals surface area contributed by atoms with E-state index in [2.05, 4.69) is 21.8 Å². The first-order valence-electron chi connectivity index (χ1n) is 5.98. The molecule has 2 rings (SSSR count). The second-order valence-electron chi connectivity index (χ2n) is 4.22. The van der Waals surface area contributed by atoms with Gasteiger partial charge in [0.25, 0.3) is 0 Å². The highest BCUT2D eigenvalue weighted by Gasteiger charge is 2.21. The molecule has 0 saturated carbocycles. The average Bonchev–Trinajstić information content (AvgIpc) is 2.83. The van der Waals surface area contributed by atoms with E-state index in [0.717, 1.165) is 25.7 Å². The lowest BCUT2D eigenvalue weighted by atomic mass is 9.92. The first-order chi connectivity index (χ1) is 7.90. The third-order valence-corrected chi connectivity index (χ3v) is 3.86. The first-order valence-corrected chi connectivity index (χ1v) is 6.76. The molecule has 1 fully saturated rings. The Labute approximate surface area is 101 Å². The molecule has 1 aromatic rings. The van der Waals surface area contributed by atoms with Crippen molar-refractivity contribution in [1.82, 2.24) is 14.9 Å². The van der Waals surface area contributed by atoms with Crippen LogP contribution in [-0.4, -0.2) is 29.3 Å². The summed E-state index contributed by atoms with van der Waals surface area (Å²) in [7, 11) is 0. The molecule has 2 heterocycles. The molecule has 1 unspecified atom stereocenters. The molecule has 1 atom stereocenters. The minimum atomic E-state index is 0.424. The molecule has 4 nitrogen and oxygen atoms in total. The van der Waals surface area contributed by atoms with Gasteiger partial charge in [0, 0.05) is 19.3 Å². The van der Waals surface area contributed by atoms with Gasteiger partial charge in [-0.1, -0.05) is 11.4 Å². The van der Waals surface area contributed by atoms with Crippen LogP contribution in [0.1, 0.15) is 37.1 Å². The topological polar surface area (TPSA) is 47.0 Å². The van der Waals surface area contributed by atoms with Crippen LogP contribution in [0.25, 0.3) is 0 Å². The number of hydrogen-bond donors (Lipinski definition) is 1. The Hall–Kier alpha value is -0.520. The van der Waals surface area contributed by atoms with Crippen LogP contribution in [0.3, 0.4) is 0 Å². The average molecular weight is 241 g/mol. The Bertz CT molecular complexity index is 285. The third kappa shape index (κ3) is 3.23. The van der Waals surface area contributed by atoms with Gasteiger partial charge in [-0.05, 0) is 43.3 Å². The molecule has 16 heavy (non-hydrogen) atoms. The summed E-state index contributed by atoms with van der Waals surface area (Å²) < 4.78 is 9.33. The van der Waals surface area contributed by atoms with Gasteiger partial charge in [-0.3, -0.25) is 0 Å². The quantitative estimate of drug-likeness (QED) is 0.856. The second kappa shape index (κ2) is 6.27. The summed E-state index contributed by atoms with van der Waals surface area (Å²) in [6.45, 7) is 4.98. The van der Waals surface area contributed by atoms with Gasteiger partial charge in [0.1, 0.15) is 0 Å². The SMILES string of the molecule is CCNC(CC1CCOCC1)c1cnns1. The fourth-order valence-electron chi connectivity index (χ4n) is 2.19. The Morgan fingerprint density at radius 1 is 1.56 bits per heavy atom. The normalized spacial score (nSPS) is 19.8. The Morgan fingerprint density at radius 3 is 3.00 bits per heavy atom. The van der Waals surface area contributed by atoms with Crippen molar-refractivity contribution >= 4 is 11.5 Å². The molecule has 0 radical (unpaired) electrons. The molecule has 1 N–H and O–H groups in total. The van der Waals surface area contributed by atoms with Crippen molar-refractivity contribution in [3.63, 3.8) is 0 Å². The van der Waals surface area contributed by atoms with E-state index in [4.69, 9.17) is 4.74 Å². The summed E-state index contributed by atoms with van der Waals surface area (Å²) in [5, 5.41) is 7.44. The van der Waals surface area contributed by atoms with Gasteiger partial charge in [-0.25, -0.2) is 0 Å². The molecule has 0 spiro atoms. The lowest BCUT2D eigenvalue weighted by molar-refractivity contribution is 0.0607.